The van der Waals surface area contributed by atoms with E-state index in [0.717, 1.165) is 76.3 Å². The van der Waals surface area contributed by atoms with Crippen molar-refractivity contribution in [2.75, 3.05) is 11.5 Å². The topological polar surface area (TPSA) is 70.5 Å². The van der Waals surface area contributed by atoms with E-state index in [4.69, 9.17) is 20.9 Å². The van der Waals surface area contributed by atoms with Crippen LogP contribution in [0.2, 0.25) is 0 Å². The Labute approximate surface area is 344 Å². The first-order valence-electron chi connectivity index (χ1n) is 22.6. The molecule has 4 saturated carbocycles. The quantitative estimate of drug-likeness (QED) is 0.149. The van der Waals surface area contributed by atoms with E-state index in [1.165, 1.54) is 92.9 Å². The molecule has 57 heavy (non-hydrogen) atoms. The lowest BCUT2D eigenvalue weighted by atomic mass is 9.42. The van der Waals surface area contributed by atoms with Crippen LogP contribution in [-0.4, -0.2) is 0 Å². The van der Waals surface area contributed by atoms with Crippen molar-refractivity contribution in [3.05, 3.63) is 107 Å². The number of aryl methyl sites for hydroxylation is 2. The van der Waals surface area contributed by atoms with Crippen LogP contribution in [0.3, 0.4) is 0 Å². The molecule has 0 aromatic heterocycles. The largest absolute Gasteiger partial charge is 0.457 e. The van der Waals surface area contributed by atoms with Crippen LogP contribution in [0.25, 0.3) is 0 Å². The molecule has 0 amide bonds. The Morgan fingerprint density at radius 3 is 1.72 bits per heavy atom. The SMILES string of the molecule is Cc1cc(C2(c3ccc(Oc4ccc(N)cc4)c(C)c3)CCC3(C)C(CCC4C3CCC3(C)C(C(C)CCCC(C)C)CCC43)C2)ccc1Oc1ccc(N)cc1. The van der Waals surface area contributed by atoms with Crippen LogP contribution in [0.15, 0.2) is 84.9 Å². The van der Waals surface area contributed by atoms with Crippen molar-refractivity contribution in [3.8, 4) is 23.0 Å². The van der Waals surface area contributed by atoms with Gasteiger partial charge in [-0.3, -0.25) is 0 Å². The van der Waals surface area contributed by atoms with Crippen molar-refractivity contribution in [1.29, 1.82) is 0 Å². The molecule has 304 valence electrons. The van der Waals surface area contributed by atoms with E-state index in [2.05, 4.69) is 84.9 Å². The molecule has 4 N–H and O–H groups in total. The minimum absolute atomic E-state index is 0.0843. The molecule has 4 nitrogen and oxygen atoms in total. The van der Waals surface area contributed by atoms with E-state index in [1.54, 1.807) is 0 Å². The van der Waals surface area contributed by atoms with Crippen molar-refractivity contribution in [2.45, 2.75) is 131 Å². The van der Waals surface area contributed by atoms with Gasteiger partial charge in [0.15, 0.2) is 0 Å². The van der Waals surface area contributed by atoms with Crippen molar-refractivity contribution in [2.24, 2.45) is 52.3 Å². The van der Waals surface area contributed by atoms with Crippen LogP contribution in [0.5, 0.6) is 23.0 Å². The summed E-state index contributed by atoms with van der Waals surface area (Å²) in [7, 11) is 0. The zero-order chi connectivity index (χ0) is 40.1. The summed E-state index contributed by atoms with van der Waals surface area (Å²) in [4.78, 5) is 0. The zero-order valence-electron chi connectivity index (χ0n) is 36.1. The zero-order valence-corrected chi connectivity index (χ0v) is 36.1. The molecule has 0 radical (unpaired) electrons. The highest BCUT2D eigenvalue weighted by atomic mass is 16.5. The summed E-state index contributed by atoms with van der Waals surface area (Å²) in [5.41, 5.74) is 19.4. The molecule has 4 heteroatoms. The fourth-order valence-corrected chi connectivity index (χ4v) is 13.4. The van der Waals surface area contributed by atoms with Crippen molar-refractivity contribution in [3.63, 3.8) is 0 Å². The first-order valence-corrected chi connectivity index (χ1v) is 22.6. The standard InChI is InChI=1S/C53H70N2O2/c1-34(2)9-8-10-35(3)46-23-24-47-45-22-11-40-33-53(30-29-51(40,6)48(45)27-28-52(46,47)7,38-12-25-49(36(4)31-38)56-43-18-14-41(54)15-19-43)39-13-26-50(37(5)32-39)57-44-20-16-42(55)17-21-44/h12-21,25-26,31-32,34-35,40,45-48H,8-11,22-24,27-30,33,54-55H2,1-7H3. The van der Waals surface area contributed by atoms with Gasteiger partial charge in [-0.15, -0.1) is 0 Å². The summed E-state index contributed by atoms with van der Waals surface area (Å²) in [5.74, 6) is 9.35. The van der Waals surface area contributed by atoms with Crippen molar-refractivity contribution >= 4 is 11.4 Å². The molecule has 8 unspecified atom stereocenters. The maximum Gasteiger partial charge on any atom is 0.130 e. The molecule has 8 rings (SSSR count). The normalized spacial score (nSPS) is 29.6. The summed E-state index contributed by atoms with van der Waals surface area (Å²) < 4.78 is 12.8. The number of nitrogen functional groups attached to an aromatic ring is 2. The number of nitrogens with two attached hydrogens (primary N) is 2. The molecule has 4 aromatic carbocycles. The lowest BCUT2D eigenvalue weighted by Crippen LogP contribution is -2.55. The number of hydrogen-bond donors (Lipinski definition) is 2. The third kappa shape index (κ3) is 7.49. The van der Waals surface area contributed by atoms with Crippen LogP contribution in [0.1, 0.15) is 134 Å². The highest BCUT2D eigenvalue weighted by molar-refractivity contribution is 5.51. The van der Waals surface area contributed by atoms with Gasteiger partial charge in [-0.25, -0.2) is 0 Å². The number of hydrogen-bond acceptors (Lipinski definition) is 4. The smallest absolute Gasteiger partial charge is 0.130 e. The molecule has 4 aliphatic rings. The van der Waals surface area contributed by atoms with E-state index >= 15 is 0 Å². The minimum Gasteiger partial charge on any atom is -0.457 e. The van der Waals surface area contributed by atoms with Gasteiger partial charge in [0, 0.05) is 16.8 Å². The molecular formula is C53H70N2O2. The molecule has 0 saturated heterocycles. The maximum atomic E-state index is 6.42. The van der Waals surface area contributed by atoms with Crippen molar-refractivity contribution in [1.82, 2.24) is 0 Å². The van der Waals surface area contributed by atoms with E-state index in [1.807, 2.05) is 48.5 Å². The predicted molar refractivity (Wildman–Crippen MR) is 238 cm³/mol. The Morgan fingerprint density at radius 1 is 0.614 bits per heavy atom. The summed E-state index contributed by atoms with van der Waals surface area (Å²) in [6.45, 7) is 17.3. The predicted octanol–water partition coefficient (Wildman–Crippen LogP) is 14.5. The lowest BCUT2D eigenvalue weighted by Gasteiger charge is -2.63. The second-order valence-electron chi connectivity index (χ2n) is 20.3. The average Bonchev–Trinajstić information content (AvgIpc) is 3.55. The molecule has 0 aliphatic heterocycles. The summed E-state index contributed by atoms with van der Waals surface area (Å²) in [5, 5.41) is 0. The van der Waals surface area contributed by atoms with E-state index in [9.17, 15) is 0 Å². The van der Waals surface area contributed by atoms with Gasteiger partial charge in [0.2, 0.25) is 0 Å². The molecule has 4 aromatic rings. The maximum absolute atomic E-state index is 6.42. The van der Waals surface area contributed by atoms with E-state index < -0.39 is 0 Å². The highest BCUT2D eigenvalue weighted by Gasteiger charge is 2.62. The third-order valence-electron chi connectivity index (χ3n) is 16.6. The Bertz CT molecular complexity index is 1920. The molecule has 0 bridgehead atoms. The first-order chi connectivity index (χ1) is 27.3. The summed E-state index contributed by atoms with van der Waals surface area (Å²) >= 11 is 0. The molecule has 8 atom stereocenters. The van der Waals surface area contributed by atoms with E-state index in [0.29, 0.717) is 16.7 Å². The lowest BCUT2D eigenvalue weighted by molar-refractivity contribution is -0.122. The van der Waals surface area contributed by atoms with Crippen molar-refractivity contribution < 1.29 is 9.47 Å². The summed E-state index contributed by atoms with van der Waals surface area (Å²) in [6.07, 6.45) is 16.4. The Balaban J connectivity index is 1.08. The van der Waals surface area contributed by atoms with Gasteiger partial charge in [-0.2, -0.15) is 0 Å². The number of fused-ring (bicyclic) bond motifs is 5. The number of anilines is 2. The third-order valence-corrected chi connectivity index (χ3v) is 16.6. The van der Waals surface area contributed by atoms with Gasteiger partial charge < -0.3 is 20.9 Å². The Hall–Kier alpha value is -3.92. The fraction of sp³-hybridized carbons (Fsp3) is 0.547. The second kappa shape index (κ2) is 15.7. The highest BCUT2D eigenvalue weighted by Crippen LogP contribution is 2.70. The molecule has 0 spiro atoms. The van der Waals surface area contributed by atoms with Gasteiger partial charge in [0.1, 0.15) is 23.0 Å². The molecule has 4 fully saturated rings. The van der Waals surface area contributed by atoms with Crippen LogP contribution in [-0.2, 0) is 5.41 Å². The molecule has 0 heterocycles. The molecule has 4 aliphatic carbocycles. The Kier molecular flexibility index (Phi) is 11.0. The average molecular weight is 767 g/mol. The molecular weight excluding hydrogens is 697 g/mol. The Morgan fingerprint density at radius 2 is 1.18 bits per heavy atom. The van der Waals surface area contributed by atoms with Crippen LogP contribution in [0.4, 0.5) is 11.4 Å². The summed E-state index contributed by atoms with van der Waals surface area (Å²) in [6, 6.07) is 29.4. The van der Waals surface area contributed by atoms with Gasteiger partial charge in [0.05, 0.1) is 0 Å². The van der Waals surface area contributed by atoms with Gasteiger partial charge in [-0.05, 0) is 207 Å². The van der Waals surface area contributed by atoms with Crippen LogP contribution >= 0.6 is 0 Å². The minimum atomic E-state index is -0.0843. The van der Waals surface area contributed by atoms with Crippen LogP contribution in [0, 0.1) is 66.1 Å². The number of rotatable bonds is 11. The fourth-order valence-electron chi connectivity index (χ4n) is 13.4. The monoisotopic (exact) mass is 767 g/mol. The number of ether oxygens (including phenoxy) is 2. The van der Waals surface area contributed by atoms with Gasteiger partial charge in [0.25, 0.3) is 0 Å². The first kappa shape index (κ1) is 39.9. The van der Waals surface area contributed by atoms with Gasteiger partial charge >= 0.3 is 0 Å². The van der Waals surface area contributed by atoms with E-state index in [-0.39, 0.29) is 5.41 Å². The van der Waals surface area contributed by atoms with Gasteiger partial charge in [-0.1, -0.05) is 78.1 Å². The van der Waals surface area contributed by atoms with Crippen LogP contribution < -0.4 is 20.9 Å². The second-order valence-corrected chi connectivity index (χ2v) is 20.3. The number of benzene rings is 4.